The van der Waals surface area contributed by atoms with E-state index in [4.69, 9.17) is 35.9 Å². The first-order valence-corrected chi connectivity index (χ1v) is 15.3. The van der Waals surface area contributed by atoms with Gasteiger partial charge in [-0.05, 0) is 67.7 Å². The fraction of sp³-hybridized carbons (Fsp3) is 0.364. The first-order valence-electron chi connectivity index (χ1n) is 14.9. The molecule has 4 aromatic rings. The molecule has 12 heteroatoms. The number of fused-ring (bicyclic) bond motifs is 1. The van der Waals surface area contributed by atoms with Crippen molar-refractivity contribution in [3.05, 3.63) is 88.2 Å². The molecule has 2 saturated heterocycles. The summed E-state index contributed by atoms with van der Waals surface area (Å²) in [5.41, 5.74) is 2.83. The van der Waals surface area contributed by atoms with E-state index in [-0.39, 0.29) is 41.2 Å². The van der Waals surface area contributed by atoms with Crippen molar-refractivity contribution >= 4 is 34.7 Å². The highest BCUT2D eigenvalue weighted by Gasteiger charge is 2.25. The first kappa shape index (κ1) is 30.9. The van der Waals surface area contributed by atoms with Crippen LogP contribution in [0.1, 0.15) is 42.6 Å². The Morgan fingerprint density at radius 2 is 1.91 bits per heavy atom. The summed E-state index contributed by atoms with van der Waals surface area (Å²) in [6.07, 6.45) is 6.21. The number of likely N-dealkylation sites (tertiary alicyclic amines) is 1. The third-order valence-corrected chi connectivity index (χ3v) is 8.27. The van der Waals surface area contributed by atoms with Crippen LogP contribution in [0.25, 0.3) is 17.1 Å². The van der Waals surface area contributed by atoms with Crippen molar-refractivity contribution < 1.29 is 32.9 Å². The standard InChI is InChI=1S/C33H33ClF2N4O5/c34-23-6-5-22(27(36)17-23)20-44-33-26(35)7-9-31(38-33)45-24-11-13-39(14-12-24)19-30-37-28-8-3-21(4-10-32(41)42)16-29(28)40(30)18-25-2-1-15-43-25/h3-10,16-17,24-25H,1-2,11-15,18-20H2,(H,41,42)/b10-4+. The molecule has 2 aliphatic heterocycles. The van der Waals surface area contributed by atoms with E-state index in [2.05, 4.69) is 14.5 Å². The molecular formula is C33H33ClF2N4O5. The summed E-state index contributed by atoms with van der Waals surface area (Å²) >= 11 is 5.80. The maximum absolute atomic E-state index is 14.4. The minimum atomic E-state index is -0.995. The summed E-state index contributed by atoms with van der Waals surface area (Å²) < 4.78 is 48.2. The number of aliphatic carboxylic acids is 1. The Labute approximate surface area is 264 Å². The SMILES string of the molecule is O=C(O)/C=C/c1ccc2nc(CN3CCC(Oc4ccc(F)c(OCc5ccc(Cl)cc5F)n4)CC3)n(CC3CCCO3)c2c1. The smallest absolute Gasteiger partial charge is 0.328 e. The van der Waals surface area contributed by atoms with Gasteiger partial charge in [-0.25, -0.2) is 18.6 Å². The number of carbonyl (C=O) groups is 1. The van der Waals surface area contributed by atoms with Crippen molar-refractivity contribution in [2.24, 2.45) is 0 Å². The molecule has 0 saturated carbocycles. The van der Waals surface area contributed by atoms with E-state index in [9.17, 15) is 13.6 Å². The molecule has 2 fully saturated rings. The lowest BCUT2D eigenvalue weighted by Crippen LogP contribution is -2.38. The van der Waals surface area contributed by atoms with Crippen LogP contribution in [0.2, 0.25) is 5.02 Å². The maximum atomic E-state index is 14.4. The van der Waals surface area contributed by atoms with Gasteiger partial charge < -0.3 is 23.9 Å². The number of imidazole rings is 1. The summed E-state index contributed by atoms with van der Waals surface area (Å²) in [6, 6.07) is 12.7. The third kappa shape index (κ3) is 7.78. The molecule has 4 heterocycles. The highest BCUT2D eigenvalue weighted by Crippen LogP contribution is 2.27. The molecule has 9 nitrogen and oxygen atoms in total. The molecule has 6 rings (SSSR count). The van der Waals surface area contributed by atoms with E-state index in [1.54, 1.807) is 6.08 Å². The van der Waals surface area contributed by atoms with Crippen LogP contribution in [0.15, 0.2) is 54.6 Å². The van der Waals surface area contributed by atoms with E-state index in [1.807, 2.05) is 18.2 Å². The highest BCUT2D eigenvalue weighted by atomic mass is 35.5. The number of piperidine rings is 1. The topological polar surface area (TPSA) is 98.9 Å². The Hall–Kier alpha value is -4.06. The van der Waals surface area contributed by atoms with Crippen LogP contribution in [0.4, 0.5) is 8.78 Å². The van der Waals surface area contributed by atoms with Crippen molar-refractivity contribution in [1.29, 1.82) is 0 Å². The maximum Gasteiger partial charge on any atom is 0.328 e. The zero-order valence-electron chi connectivity index (χ0n) is 24.5. The number of carboxylic acid groups (broad SMARTS) is 1. The van der Waals surface area contributed by atoms with Gasteiger partial charge in [0.15, 0.2) is 5.82 Å². The quantitative estimate of drug-likeness (QED) is 0.192. The van der Waals surface area contributed by atoms with Gasteiger partial charge in [0.05, 0.1) is 30.2 Å². The van der Waals surface area contributed by atoms with Crippen molar-refractivity contribution in [2.45, 2.75) is 57.6 Å². The summed E-state index contributed by atoms with van der Waals surface area (Å²) in [6.45, 7) is 3.41. The molecule has 1 atom stereocenters. The molecule has 2 aromatic carbocycles. The van der Waals surface area contributed by atoms with Gasteiger partial charge in [-0.1, -0.05) is 23.7 Å². The normalized spacial score (nSPS) is 17.8. The fourth-order valence-electron chi connectivity index (χ4n) is 5.69. The molecule has 0 spiro atoms. The number of nitrogens with zero attached hydrogens (tertiary/aromatic N) is 4. The molecule has 236 valence electrons. The Morgan fingerprint density at radius 3 is 2.67 bits per heavy atom. The van der Waals surface area contributed by atoms with Gasteiger partial charge in [-0.15, -0.1) is 0 Å². The predicted molar refractivity (Wildman–Crippen MR) is 164 cm³/mol. The van der Waals surface area contributed by atoms with E-state index in [0.717, 1.165) is 73.9 Å². The van der Waals surface area contributed by atoms with Gasteiger partial charge in [0, 0.05) is 42.4 Å². The van der Waals surface area contributed by atoms with Crippen molar-refractivity contribution in [3.63, 3.8) is 0 Å². The van der Waals surface area contributed by atoms with Crippen LogP contribution in [-0.2, 0) is 29.2 Å². The molecule has 2 aliphatic rings. The van der Waals surface area contributed by atoms with E-state index < -0.39 is 17.6 Å². The van der Waals surface area contributed by atoms with E-state index in [0.29, 0.717) is 13.1 Å². The second-order valence-electron chi connectivity index (χ2n) is 11.2. The molecule has 1 N–H and O–H groups in total. The zero-order chi connectivity index (χ0) is 31.3. The van der Waals surface area contributed by atoms with Crippen molar-refractivity contribution in [3.8, 4) is 11.8 Å². The lowest BCUT2D eigenvalue weighted by molar-refractivity contribution is -0.131. The number of pyridine rings is 1. The zero-order valence-corrected chi connectivity index (χ0v) is 25.3. The van der Waals surface area contributed by atoms with Gasteiger partial charge >= 0.3 is 5.97 Å². The number of benzene rings is 2. The van der Waals surface area contributed by atoms with Crippen LogP contribution in [-0.4, -0.2) is 62.4 Å². The molecule has 0 bridgehead atoms. The summed E-state index contributed by atoms with van der Waals surface area (Å²) in [4.78, 5) is 22.5. The average molecular weight is 639 g/mol. The summed E-state index contributed by atoms with van der Waals surface area (Å²) in [5.74, 6) is -1.28. The van der Waals surface area contributed by atoms with Crippen LogP contribution in [0, 0.1) is 11.6 Å². The number of hydrogen-bond donors (Lipinski definition) is 1. The Kier molecular flexibility index (Phi) is 9.58. The minimum absolute atomic E-state index is 0.112. The van der Waals surface area contributed by atoms with Crippen LogP contribution in [0.3, 0.4) is 0 Å². The first-order chi connectivity index (χ1) is 21.8. The van der Waals surface area contributed by atoms with Gasteiger partial charge in [0.1, 0.15) is 24.4 Å². The average Bonchev–Trinajstić information content (AvgIpc) is 3.66. The second-order valence-corrected chi connectivity index (χ2v) is 11.7. The molecule has 0 radical (unpaired) electrons. The molecule has 2 aromatic heterocycles. The molecule has 1 unspecified atom stereocenters. The Bertz CT molecular complexity index is 1700. The van der Waals surface area contributed by atoms with Crippen LogP contribution >= 0.6 is 11.6 Å². The van der Waals surface area contributed by atoms with Gasteiger partial charge in [0.2, 0.25) is 5.88 Å². The Morgan fingerprint density at radius 1 is 1.07 bits per heavy atom. The lowest BCUT2D eigenvalue weighted by Gasteiger charge is -2.31. The number of halogens is 3. The largest absolute Gasteiger partial charge is 0.478 e. The van der Waals surface area contributed by atoms with E-state index >= 15 is 0 Å². The van der Waals surface area contributed by atoms with Gasteiger partial charge in [-0.3, -0.25) is 4.90 Å². The Balaban J connectivity index is 1.09. The molecular weight excluding hydrogens is 606 g/mol. The van der Waals surface area contributed by atoms with Crippen molar-refractivity contribution in [1.82, 2.24) is 19.4 Å². The lowest BCUT2D eigenvalue weighted by atomic mass is 10.1. The van der Waals surface area contributed by atoms with Gasteiger partial charge in [-0.2, -0.15) is 4.98 Å². The van der Waals surface area contributed by atoms with E-state index in [1.165, 1.54) is 30.3 Å². The second kappa shape index (κ2) is 13.9. The number of hydrogen-bond acceptors (Lipinski definition) is 7. The third-order valence-electron chi connectivity index (χ3n) is 8.03. The molecule has 0 amide bonds. The number of rotatable bonds is 11. The fourth-order valence-corrected chi connectivity index (χ4v) is 5.85. The van der Waals surface area contributed by atoms with Gasteiger partial charge in [0.25, 0.3) is 5.88 Å². The summed E-state index contributed by atoms with van der Waals surface area (Å²) in [7, 11) is 0. The van der Waals surface area contributed by atoms with Crippen LogP contribution in [0.5, 0.6) is 11.8 Å². The van der Waals surface area contributed by atoms with Crippen LogP contribution < -0.4 is 9.47 Å². The summed E-state index contributed by atoms with van der Waals surface area (Å²) in [5, 5.41) is 9.31. The number of ether oxygens (including phenoxy) is 3. The number of aromatic nitrogens is 3. The van der Waals surface area contributed by atoms with Crippen molar-refractivity contribution in [2.75, 3.05) is 19.7 Å². The minimum Gasteiger partial charge on any atom is -0.478 e. The molecule has 45 heavy (non-hydrogen) atoms. The monoisotopic (exact) mass is 638 g/mol. The molecule has 0 aliphatic carbocycles. The predicted octanol–water partition coefficient (Wildman–Crippen LogP) is 6.26. The highest BCUT2D eigenvalue weighted by molar-refractivity contribution is 6.30. The number of carboxylic acids is 1.